The number of nitrogens with one attached hydrogen (secondary N) is 1. The number of unbranched alkanes of at least 4 members (excludes halogenated alkanes) is 54. The highest BCUT2D eigenvalue weighted by Gasteiger charge is 2.20. The SMILES string of the molecule is CCCCCCCCCCCCCCCCCCCCCC(O)C(CO)NC(=O)CCCCCCCCCCCCCCC/C=C\CCCCCCCCCCCCCCOC(=O)CCCCCCCCCCCCCC. The summed E-state index contributed by atoms with van der Waals surface area (Å²) in [5.74, 6) is -0.0115. The predicted octanol–water partition coefficient (Wildman–Crippen LogP) is 22.8. The van der Waals surface area contributed by atoms with Gasteiger partial charge in [-0.3, -0.25) is 9.59 Å². The maximum absolute atomic E-state index is 12.5. The number of carbonyl (C=O) groups excluding carboxylic acids is 2. The number of rotatable bonds is 67. The summed E-state index contributed by atoms with van der Waals surface area (Å²) in [6.45, 7) is 4.99. The van der Waals surface area contributed by atoms with Gasteiger partial charge in [-0.2, -0.15) is 0 Å². The van der Waals surface area contributed by atoms with Gasteiger partial charge in [0, 0.05) is 12.8 Å². The topological polar surface area (TPSA) is 95.9 Å². The summed E-state index contributed by atoms with van der Waals surface area (Å²) in [7, 11) is 0. The molecule has 0 aromatic rings. The zero-order valence-electron chi connectivity index (χ0n) is 52.5. The normalized spacial score (nSPS) is 12.5. The molecule has 0 aliphatic rings. The van der Waals surface area contributed by atoms with Crippen molar-refractivity contribution in [1.29, 1.82) is 0 Å². The van der Waals surface area contributed by atoms with Gasteiger partial charge in [0.25, 0.3) is 0 Å². The van der Waals surface area contributed by atoms with Crippen LogP contribution < -0.4 is 5.32 Å². The number of esters is 1. The third kappa shape index (κ3) is 63.6. The van der Waals surface area contributed by atoms with Crippen LogP contribution in [0.1, 0.15) is 406 Å². The molecule has 0 aromatic heterocycles. The Bertz CT molecular complexity index is 1160. The van der Waals surface area contributed by atoms with E-state index >= 15 is 0 Å². The molecule has 2 unspecified atom stereocenters. The molecule has 0 spiro atoms. The van der Waals surface area contributed by atoms with E-state index in [0.29, 0.717) is 25.9 Å². The molecule has 0 saturated heterocycles. The number of hydrogen-bond acceptors (Lipinski definition) is 5. The third-order valence-corrected chi connectivity index (χ3v) is 16.8. The lowest BCUT2D eigenvalue weighted by molar-refractivity contribution is -0.143. The lowest BCUT2D eigenvalue weighted by atomic mass is 10.0. The number of hydrogen-bond donors (Lipinski definition) is 3. The van der Waals surface area contributed by atoms with E-state index < -0.39 is 12.1 Å². The molecule has 1 amide bonds. The first-order chi connectivity index (χ1) is 38.0. The number of ether oxygens (including phenoxy) is 1. The molecule has 6 nitrogen and oxygen atoms in total. The van der Waals surface area contributed by atoms with Gasteiger partial charge in [-0.15, -0.1) is 0 Å². The maximum atomic E-state index is 12.5. The molecule has 0 rings (SSSR count). The molecule has 6 heteroatoms. The van der Waals surface area contributed by atoms with Crippen molar-refractivity contribution in [2.75, 3.05) is 13.2 Å². The Hall–Kier alpha value is -1.40. The first kappa shape index (κ1) is 75.6. The van der Waals surface area contributed by atoms with Gasteiger partial charge in [-0.25, -0.2) is 0 Å². The minimum absolute atomic E-state index is 0.0181. The Morgan fingerprint density at radius 2 is 0.610 bits per heavy atom. The van der Waals surface area contributed by atoms with Crippen LogP contribution >= 0.6 is 0 Å². The van der Waals surface area contributed by atoms with E-state index in [9.17, 15) is 19.8 Å². The van der Waals surface area contributed by atoms with E-state index in [4.69, 9.17) is 4.74 Å². The minimum Gasteiger partial charge on any atom is -0.466 e. The quantitative estimate of drug-likeness (QED) is 0.0320. The van der Waals surface area contributed by atoms with Crippen molar-refractivity contribution in [1.82, 2.24) is 5.32 Å². The molecule has 0 bridgehead atoms. The fourth-order valence-electron chi connectivity index (χ4n) is 11.4. The summed E-state index contributed by atoms with van der Waals surface area (Å²) in [6, 6.07) is -0.541. The molecule has 0 fully saturated rings. The average molecular weight is 1090 g/mol. The lowest BCUT2D eigenvalue weighted by Gasteiger charge is -2.22. The summed E-state index contributed by atoms with van der Waals surface area (Å²) in [5.41, 5.74) is 0. The van der Waals surface area contributed by atoms with Gasteiger partial charge < -0.3 is 20.3 Å². The smallest absolute Gasteiger partial charge is 0.305 e. The molecule has 3 N–H and O–H groups in total. The van der Waals surface area contributed by atoms with Gasteiger partial charge in [0.15, 0.2) is 0 Å². The first-order valence-corrected chi connectivity index (χ1v) is 35.4. The van der Waals surface area contributed by atoms with Crippen molar-refractivity contribution < 1.29 is 24.5 Å². The Kier molecular flexibility index (Phi) is 65.9. The van der Waals surface area contributed by atoms with Crippen molar-refractivity contribution in [3.05, 3.63) is 12.2 Å². The average Bonchev–Trinajstić information content (AvgIpc) is 3.43. The van der Waals surface area contributed by atoms with Gasteiger partial charge in [0.05, 0.1) is 25.4 Å². The van der Waals surface area contributed by atoms with Crippen LogP contribution in [0.4, 0.5) is 0 Å². The summed E-state index contributed by atoms with van der Waals surface area (Å²) in [5, 5.41) is 23.4. The Labute approximate surface area is 482 Å². The Balaban J connectivity index is 3.37. The second-order valence-electron chi connectivity index (χ2n) is 24.6. The molecule has 0 aliphatic heterocycles. The summed E-state index contributed by atoms with van der Waals surface area (Å²) in [6.07, 6.45) is 82.6. The van der Waals surface area contributed by atoms with Crippen molar-refractivity contribution in [3.8, 4) is 0 Å². The van der Waals surface area contributed by atoms with Crippen molar-refractivity contribution >= 4 is 11.9 Å². The van der Waals surface area contributed by atoms with Crippen LogP contribution in [-0.4, -0.2) is 47.4 Å². The van der Waals surface area contributed by atoms with Crippen LogP contribution in [0.25, 0.3) is 0 Å². The van der Waals surface area contributed by atoms with Gasteiger partial charge in [-0.05, 0) is 51.4 Å². The number of amides is 1. The second kappa shape index (κ2) is 67.1. The number of aliphatic hydroxyl groups excluding tert-OH is 2. The monoisotopic (exact) mass is 1090 g/mol. The van der Waals surface area contributed by atoms with Gasteiger partial charge in [-0.1, -0.05) is 353 Å². The first-order valence-electron chi connectivity index (χ1n) is 35.4. The van der Waals surface area contributed by atoms with E-state index in [1.807, 2.05) is 0 Å². The van der Waals surface area contributed by atoms with Gasteiger partial charge in [0.1, 0.15) is 0 Å². The lowest BCUT2D eigenvalue weighted by Crippen LogP contribution is -2.45. The fraction of sp³-hybridized carbons (Fsp3) is 0.944. The van der Waals surface area contributed by atoms with E-state index in [-0.39, 0.29) is 18.5 Å². The largest absolute Gasteiger partial charge is 0.466 e. The second-order valence-corrected chi connectivity index (χ2v) is 24.6. The summed E-state index contributed by atoms with van der Waals surface area (Å²) in [4.78, 5) is 24.6. The number of carbonyl (C=O) groups is 2. The molecule has 0 heterocycles. The van der Waals surface area contributed by atoms with Crippen LogP contribution in [0, 0.1) is 0 Å². The highest BCUT2D eigenvalue weighted by atomic mass is 16.5. The molecule has 458 valence electrons. The standard InChI is InChI=1S/C71H139NO5/c1-3-5-7-9-11-13-15-17-18-19-31-34-37-40-43-47-51-55-59-63-69(74)68(67-73)72-70(75)64-60-56-52-48-44-41-38-35-32-29-27-25-23-21-20-22-24-26-28-30-33-36-39-42-46-50-54-58-62-66-77-71(76)65-61-57-53-49-45-16-14-12-10-8-6-4-2/h20,22,68-69,73-74H,3-19,21,23-67H2,1-2H3,(H,72,75)/b22-20-. The Morgan fingerprint density at radius 3 is 0.922 bits per heavy atom. The van der Waals surface area contributed by atoms with Crippen molar-refractivity contribution in [2.24, 2.45) is 0 Å². The fourth-order valence-corrected chi connectivity index (χ4v) is 11.4. The molecule has 0 aromatic carbocycles. The van der Waals surface area contributed by atoms with Crippen molar-refractivity contribution in [3.63, 3.8) is 0 Å². The van der Waals surface area contributed by atoms with Crippen LogP contribution in [0.2, 0.25) is 0 Å². The molecule has 0 aliphatic carbocycles. The molecule has 2 atom stereocenters. The van der Waals surface area contributed by atoms with Crippen LogP contribution in [0.5, 0.6) is 0 Å². The van der Waals surface area contributed by atoms with Crippen LogP contribution in [-0.2, 0) is 14.3 Å². The molecular weight excluding hydrogens is 947 g/mol. The van der Waals surface area contributed by atoms with Gasteiger partial charge in [0.2, 0.25) is 5.91 Å². The molecular formula is C71H139NO5. The van der Waals surface area contributed by atoms with E-state index in [1.54, 1.807) is 0 Å². The molecule has 0 radical (unpaired) electrons. The minimum atomic E-state index is -0.664. The molecule has 0 saturated carbocycles. The maximum Gasteiger partial charge on any atom is 0.305 e. The van der Waals surface area contributed by atoms with Crippen LogP contribution in [0.15, 0.2) is 12.2 Å². The van der Waals surface area contributed by atoms with E-state index in [1.165, 1.54) is 334 Å². The van der Waals surface area contributed by atoms with Gasteiger partial charge >= 0.3 is 5.97 Å². The van der Waals surface area contributed by atoms with Crippen molar-refractivity contribution in [2.45, 2.75) is 418 Å². The van der Waals surface area contributed by atoms with E-state index in [0.717, 1.165) is 38.5 Å². The summed E-state index contributed by atoms with van der Waals surface area (Å²) < 4.78 is 5.48. The summed E-state index contributed by atoms with van der Waals surface area (Å²) >= 11 is 0. The predicted molar refractivity (Wildman–Crippen MR) is 338 cm³/mol. The molecule has 77 heavy (non-hydrogen) atoms. The number of aliphatic hydroxyl groups is 2. The zero-order valence-corrected chi connectivity index (χ0v) is 52.5. The highest BCUT2D eigenvalue weighted by molar-refractivity contribution is 5.76. The van der Waals surface area contributed by atoms with Crippen LogP contribution in [0.3, 0.4) is 0 Å². The number of allylic oxidation sites excluding steroid dienone is 2. The van der Waals surface area contributed by atoms with E-state index in [2.05, 4.69) is 31.3 Å². The zero-order chi connectivity index (χ0) is 55.7. The highest BCUT2D eigenvalue weighted by Crippen LogP contribution is 2.19. The Morgan fingerprint density at radius 1 is 0.351 bits per heavy atom. The third-order valence-electron chi connectivity index (χ3n) is 16.8.